The van der Waals surface area contributed by atoms with E-state index in [1.54, 1.807) is 0 Å². The molecule has 1 saturated carbocycles. The number of para-hydroxylation sites is 1. The van der Waals surface area contributed by atoms with Gasteiger partial charge in [-0.3, -0.25) is 0 Å². The minimum absolute atomic E-state index is 0.0273. The first-order valence-corrected chi connectivity index (χ1v) is 6.87. The standard InChI is InChI=1S/C15H22N2O2/c1-3-11-6-4-5-7-13(11)16-14(19)17-15(2,10-18)12-8-9-12/h4-7,12,18H,3,8-10H2,1-2H3,(H2,16,17,19). The van der Waals surface area contributed by atoms with E-state index < -0.39 is 5.54 Å². The number of urea groups is 1. The second-order valence-corrected chi connectivity index (χ2v) is 5.44. The molecule has 0 radical (unpaired) electrons. The number of aliphatic hydroxyl groups excluding tert-OH is 1. The van der Waals surface area contributed by atoms with Crippen molar-refractivity contribution < 1.29 is 9.90 Å². The molecule has 19 heavy (non-hydrogen) atoms. The zero-order valence-electron chi connectivity index (χ0n) is 11.6. The molecule has 2 amide bonds. The van der Waals surface area contributed by atoms with Gasteiger partial charge in [-0.25, -0.2) is 4.79 Å². The lowest BCUT2D eigenvalue weighted by Crippen LogP contribution is -2.52. The maximum Gasteiger partial charge on any atom is 0.319 e. The Morgan fingerprint density at radius 3 is 2.68 bits per heavy atom. The van der Waals surface area contributed by atoms with Crippen LogP contribution in [0.4, 0.5) is 10.5 Å². The fourth-order valence-corrected chi connectivity index (χ4v) is 2.35. The lowest BCUT2D eigenvalue weighted by molar-refractivity contribution is 0.159. The highest BCUT2D eigenvalue weighted by atomic mass is 16.3. The van der Waals surface area contributed by atoms with Crippen molar-refractivity contribution in [3.8, 4) is 0 Å². The van der Waals surface area contributed by atoms with E-state index >= 15 is 0 Å². The summed E-state index contributed by atoms with van der Waals surface area (Å²) in [5.74, 6) is 0.393. The lowest BCUT2D eigenvalue weighted by atomic mass is 9.97. The maximum atomic E-state index is 12.1. The summed E-state index contributed by atoms with van der Waals surface area (Å²) in [5, 5.41) is 15.2. The average Bonchev–Trinajstić information content (AvgIpc) is 3.23. The monoisotopic (exact) mass is 262 g/mol. The Morgan fingerprint density at radius 1 is 1.42 bits per heavy atom. The van der Waals surface area contributed by atoms with Gasteiger partial charge in [-0.15, -0.1) is 0 Å². The molecule has 0 bridgehead atoms. The first-order valence-electron chi connectivity index (χ1n) is 6.87. The van der Waals surface area contributed by atoms with E-state index in [-0.39, 0.29) is 12.6 Å². The van der Waals surface area contributed by atoms with E-state index in [1.807, 2.05) is 31.2 Å². The smallest absolute Gasteiger partial charge is 0.319 e. The third kappa shape index (κ3) is 3.26. The summed E-state index contributed by atoms with van der Waals surface area (Å²) >= 11 is 0. The maximum absolute atomic E-state index is 12.1. The first kappa shape index (κ1) is 13.9. The second kappa shape index (κ2) is 5.61. The molecule has 0 aromatic heterocycles. The highest BCUT2D eigenvalue weighted by Crippen LogP contribution is 2.39. The molecule has 1 fully saturated rings. The number of rotatable bonds is 5. The van der Waals surface area contributed by atoms with E-state index in [2.05, 4.69) is 17.6 Å². The van der Waals surface area contributed by atoms with Gasteiger partial charge >= 0.3 is 6.03 Å². The Balaban J connectivity index is 2.01. The topological polar surface area (TPSA) is 61.4 Å². The van der Waals surface area contributed by atoms with Crippen LogP contribution in [0.3, 0.4) is 0 Å². The van der Waals surface area contributed by atoms with Crippen LogP contribution in [0.2, 0.25) is 0 Å². The summed E-state index contributed by atoms with van der Waals surface area (Å²) < 4.78 is 0. The molecule has 1 aromatic carbocycles. The van der Waals surface area contributed by atoms with Gasteiger partial charge in [0.05, 0.1) is 12.1 Å². The van der Waals surface area contributed by atoms with E-state index in [4.69, 9.17) is 0 Å². The van der Waals surface area contributed by atoms with Gasteiger partial charge in [0.2, 0.25) is 0 Å². The number of aryl methyl sites for hydroxylation is 1. The highest BCUT2D eigenvalue weighted by molar-refractivity contribution is 5.90. The van der Waals surface area contributed by atoms with E-state index in [1.165, 1.54) is 0 Å². The predicted molar refractivity (Wildman–Crippen MR) is 76.2 cm³/mol. The third-order valence-electron chi connectivity index (χ3n) is 3.85. The van der Waals surface area contributed by atoms with Crippen LogP contribution in [0.25, 0.3) is 0 Å². The summed E-state index contributed by atoms with van der Waals surface area (Å²) in [6.07, 6.45) is 3.02. The van der Waals surface area contributed by atoms with Crippen molar-refractivity contribution in [2.75, 3.05) is 11.9 Å². The van der Waals surface area contributed by atoms with Gasteiger partial charge in [0.25, 0.3) is 0 Å². The largest absolute Gasteiger partial charge is 0.394 e. The molecule has 1 unspecified atom stereocenters. The number of carbonyl (C=O) groups is 1. The number of amides is 2. The minimum atomic E-state index is -0.509. The van der Waals surface area contributed by atoms with Crippen molar-refractivity contribution in [3.63, 3.8) is 0 Å². The molecule has 0 aliphatic heterocycles. The van der Waals surface area contributed by atoms with Crippen molar-refractivity contribution in [1.82, 2.24) is 5.32 Å². The van der Waals surface area contributed by atoms with Crippen LogP contribution in [0.5, 0.6) is 0 Å². The SMILES string of the molecule is CCc1ccccc1NC(=O)NC(C)(CO)C1CC1. The quantitative estimate of drug-likeness (QED) is 0.763. The van der Waals surface area contributed by atoms with Crippen LogP contribution in [0.15, 0.2) is 24.3 Å². The van der Waals surface area contributed by atoms with Crippen LogP contribution in [-0.2, 0) is 6.42 Å². The summed E-state index contributed by atoms with van der Waals surface area (Å²) in [4.78, 5) is 12.1. The molecule has 1 aliphatic carbocycles. The molecule has 1 aliphatic rings. The summed E-state index contributed by atoms with van der Waals surface area (Å²) in [7, 11) is 0. The summed E-state index contributed by atoms with van der Waals surface area (Å²) in [6, 6.07) is 7.52. The Labute approximate surface area is 114 Å². The molecule has 4 nitrogen and oxygen atoms in total. The molecular formula is C15H22N2O2. The van der Waals surface area contributed by atoms with Crippen molar-refractivity contribution >= 4 is 11.7 Å². The van der Waals surface area contributed by atoms with Crippen molar-refractivity contribution in [2.45, 2.75) is 38.6 Å². The molecular weight excluding hydrogens is 240 g/mol. The van der Waals surface area contributed by atoms with E-state index in [0.717, 1.165) is 30.5 Å². The molecule has 0 heterocycles. The van der Waals surface area contributed by atoms with Crippen LogP contribution in [0.1, 0.15) is 32.3 Å². The Hall–Kier alpha value is -1.55. The van der Waals surface area contributed by atoms with Gasteiger partial charge in [0.15, 0.2) is 0 Å². The van der Waals surface area contributed by atoms with Crippen LogP contribution in [-0.4, -0.2) is 23.3 Å². The van der Waals surface area contributed by atoms with Gasteiger partial charge in [0.1, 0.15) is 0 Å². The number of aliphatic hydroxyl groups is 1. The van der Waals surface area contributed by atoms with Gasteiger partial charge in [-0.2, -0.15) is 0 Å². The average molecular weight is 262 g/mol. The molecule has 2 rings (SSSR count). The Bertz CT molecular complexity index is 457. The Kier molecular flexibility index (Phi) is 4.10. The zero-order chi connectivity index (χ0) is 13.9. The van der Waals surface area contributed by atoms with Gasteiger partial charge in [0, 0.05) is 5.69 Å². The van der Waals surface area contributed by atoms with Crippen molar-refractivity contribution in [1.29, 1.82) is 0 Å². The van der Waals surface area contributed by atoms with Gasteiger partial charge in [-0.1, -0.05) is 25.1 Å². The minimum Gasteiger partial charge on any atom is -0.394 e. The molecule has 4 heteroatoms. The highest BCUT2D eigenvalue weighted by Gasteiger charge is 2.42. The lowest BCUT2D eigenvalue weighted by Gasteiger charge is -2.29. The number of anilines is 1. The fourth-order valence-electron chi connectivity index (χ4n) is 2.35. The zero-order valence-corrected chi connectivity index (χ0v) is 11.6. The van der Waals surface area contributed by atoms with Crippen molar-refractivity contribution in [3.05, 3.63) is 29.8 Å². The number of hydrogen-bond donors (Lipinski definition) is 3. The van der Waals surface area contributed by atoms with Crippen molar-refractivity contribution in [2.24, 2.45) is 5.92 Å². The fraction of sp³-hybridized carbons (Fsp3) is 0.533. The van der Waals surface area contributed by atoms with Crippen LogP contribution >= 0.6 is 0 Å². The second-order valence-electron chi connectivity index (χ2n) is 5.44. The summed E-state index contributed by atoms with van der Waals surface area (Å²) in [5.41, 5.74) is 1.43. The van der Waals surface area contributed by atoms with Gasteiger partial charge < -0.3 is 15.7 Å². The van der Waals surface area contributed by atoms with Crippen LogP contribution < -0.4 is 10.6 Å². The molecule has 3 N–H and O–H groups in total. The molecule has 1 atom stereocenters. The molecule has 0 spiro atoms. The number of benzene rings is 1. The number of hydrogen-bond acceptors (Lipinski definition) is 2. The van der Waals surface area contributed by atoms with Gasteiger partial charge in [-0.05, 0) is 43.7 Å². The predicted octanol–water partition coefficient (Wildman–Crippen LogP) is 2.53. The van der Waals surface area contributed by atoms with E-state index in [0.29, 0.717) is 5.92 Å². The van der Waals surface area contributed by atoms with Crippen LogP contribution in [0, 0.1) is 5.92 Å². The first-order chi connectivity index (χ1) is 9.09. The summed E-state index contributed by atoms with van der Waals surface area (Å²) in [6.45, 7) is 3.93. The Morgan fingerprint density at radius 2 is 2.11 bits per heavy atom. The number of nitrogens with one attached hydrogen (secondary N) is 2. The molecule has 104 valence electrons. The normalized spacial score (nSPS) is 17.6. The third-order valence-corrected chi connectivity index (χ3v) is 3.85. The number of carbonyl (C=O) groups excluding carboxylic acids is 1. The molecule has 0 saturated heterocycles. The molecule has 1 aromatic rings. The van der Waals surface area contributed by atoms with E-state index in [9.17, 15) is 9.90 Å².